The molecule has 2 aromatic heterocycles. The molecule has 6 heterocycles. The van der Waals surface area contributed by atoms with E-state index >= 15 is 0 Å². The number of carbonyl (C=O) groups is 4. The van der Waals surface area contributed by atoms with Crippen LogP contribution in [0.2, 0.25) is 0 Å². The Bertz CT molecular complexity index is 3190. The molecule has 0 unspecified atom stereocenters. The van der Waals surface area contributed by atoms with Crippen molar-refractivity contribution in [3.8, 4) is 51.3 Å². The fraction of sp³-hybridized carbons (Fsp3) is 0.348. The fourth-order valence-corrected chi connectivity index (χ4v) is 9.49. The fourth-order valence-electron chi connectivity index (χ4n) is 8.56. The summed E-state index contributed by atoms with van der Waals surface area (Å²) in [6, 6.07) is 13.8. The molecule has 4 aliphatic heterocycles. The van der Waals surface area contributed by atoms with Gasteiger partial charge in [-0.1, -0.05) is 35.0 Å². The van der Waals surface area contributed by atoms with Crippen LogP contribution in [0.4, 0.5) is 0 Å². The first-order chi connectivity index (χ1) is 34.4. The minimum absolute atomic E-state index is 0.00979. The van der Waals surface area contributed by atoms with Gasteiger partial charge in [0.05, 0.1) is 47.6 Å². The van der Waals surface area contributed by atoms with Gasteiger partial charge in [0.15, 0.2) is 34.7 Å². The average Bonchev–Trinajstić information content (AvgIpc) is 3.98. The van der Waals surface area contributed by atoms with E-state index in [4.69, 9.17) is 41.8 Å². The SMILES string of the molecule is CC[C@@]1(O)C(=O)OCc2c1cc1n(c2=O)Cc2c-1nc1cc3c(cc1c2-c1ccc(OS(=O)(=O)Oc2cc(C(=O)NCCOCCNC(=O)CBr)ccc2O[C@@H]2O[C@H](C(=O)O)[C@@H](O)[C@H](O)[C@H]2O)cc1)OCO3. The Morgan fingerprint density at radius 2 is 1.61 bits per heavy atom. The number of halogens is 1. The molecule has 0 spiro atoms. The molecule has 4 aliphatic rings. The number of aliphatic carboxylic acids is 1. The van der Waals surface area contributed by atoms with Crippen molar-refractivity contribution in [2.75, 3.05) is 38.4 Å². The summed E-state index contributed by atoms with van der Waals surface area (Å²) >= 11 is 3.03. The maximum atomic E-state index is 14.1. The summed E-state index contributed by atoms with van der Waals surface area (Å²) < 4.78 is 72.3. The number of carboxylic acid groups (broad SMARTS) is 1. The minimum atomic E-state index is -5.17. The van der Waals surface area contributed by atoms with Crippen LogP contribution in [0.5, 0.6) is 28.7 Å². The topological polar surface area (TPSA) is 336 Å². The molecule has 1 fully saturated rings. The normalized spacial score (nSPS) is 21.8. The van der Waals surface area contributed by atoms with Crippen LogP contribution in [0.25, 0.3) is 33.4 Å². The number of pyridine rings is 2. The molecule has 72 heavy (non-hydrogen) atoms. The molecule has 1 saturated heterocycles. The molecular formula is C46H43BrN4O20S. The lowest BCUT2D eigenvalue weighted by atomic mass is 9.86. The number of hydrogen-bond donors (Lipinski definition) is 7. The van der Waals surface area contributed by atoms with Gasteiger partial charge >= 0.3 is 22.3 Å². The third-order valence-corrected chi connectivity index (χ3v) is 13.5. The lowest BCUT2D eigenvalue weighted by Gasteiger charge is -2.38. The quantitative estimate of drug-likeness (QED) is 0.0376. The molecule has 26 heteroatoms. The number of amides is 2. The number of alkyl halides is 1. The van der Waals surface area contributed by atoms with Gasteiger partial charge in [0.25, 0.3) is 11.5 Å². The molecule has 9 rings (SSSR count). The van der Waals surface area contributed by atoms with Crippen LogP contribution >= 0.6 is 15.9 Å². The molecule has 7 N–H and O–H groups in total. The van der Waals surface area contributed by atoms with E-state index in [2.05, 4.69) is 26.6 Å². The highest BCUT2D eigenvalue weighted by Gasteiger charge is 2.49. The maximum Gasteiger partial charge on any atom is 0.501 e. The van der Waals surface area contributed by atoms with Gasteiger partial charge in [0.2, 0.25) is 19.0 Å². The Labute approximate surface area is 415 Å². The average molecular weight is 1080 g/mol. The van der Waals surface area contributed by atoms with Crippen LogP contribution in [-0.4, -0.2) is 136 Å². The Hall–Kier alpha value is -6.91. The minimum Gasteiger partial charge on any atom is -0.479 e. The van der Waals surface area contributed by atoms with Crippen LogP contribution in [0, 0.1) is 0 Å². The van der Waals surface area contributed by atoms with Crippen molar-refractivity contribution in [3.05, 3.63) is 93.3 Å². The zero-order valence-corrected chi connectivity index (χ0v) is 40.0. The monoisotopic (exact) mass is 1080 g/mol. The number of aromatic nitrogens is 2. The van der Waals surface area contributed by atoms with Gasteiger partial charge in [0.1, 0.15) is 30.7 Å². The molecule has 24 nitrogen and oxygen atoms in total. The lowest BCUT2D eigenvalue weighted by Crippen LogP contribution is -2.61. The molecule has 6 atom stereocenters. The molecule has 380 valence electrons. The summed E-state index contributed by atoms with van der Waals surface area (Å²) in [7, 11) is -5.17. The number of nitrogens with zero attached hydrogens (tertiary/aromatic N) is 2. The standard InChI is InChI=1S/C46H43BrN4O20S/c1-2-46(61)27-15-29-36-25(18-51(29)42(57)26(27)19-65-45(46)60)35(24-14-31-32(67-20-66-31)16-28(24)50-36)21-3-6-23(7-4-21)70-72(62,63)71-33-13-22(41(56)49-10-12-64-11-9-48-34(52)17-47)5-8-30(33)68-44-39(55)37(53)38(54)40(69-44)43(58)59/h3-8,13-16,37-40,44,53-55,61H,2,9-12,17-20H2,1H3,(H,48,52)(H,49,56)(H,58,59)/t37-,38-,39+,40-,44+,46-/m0/s1. The predicted octanol–water partition coefficient (Wildman–Crippen LogP) is 0.706. The number of aliphatic hydroxyl groups is 4. The second-order valence-electron chi connectivity index (χ2n) is 16.6. The number of nitrogens with one attached hydrogen (secondary N) is 2. The number of cyclic esters (lactones) is 1. The van der Waals surface area contributed by atoms with Gasteiger partial charge in [-0.2, -0.15) is 0 Å². The third kappa shape index (κ3) is 9.49. The number of rotatable bonds is 17. The van der Waals surface area contributed by atoms with E-state index in [1.54, 1.807) is 25.1 Å². The number of carbonyl (C=O) groups excluding carboxylic acids is 3. The summed E-state index contributed by atoms with van der Waals surface area (Å²) in [5, 5.41) is 58.0. The van der Waals surface area contributed by atoms with Gasteiger partial charge in [-0.05, 0) is 60.0 Å². The smallest absolute Gasteiger partial charge is 0.479 e. The first kappa shape index (κ1) is 50.0. The number of benzene rings is 3. The van der Waals surface area contributed by atoms with Crippen molar-refractivity contribution in [1.82, 2.24) is 20.2 Å². The number of esters is 1. The molecule has 5 aromatic rings. The summed E-state index contributed by atoms with van der Waals surface area (Å²) in [6.07, 6.45) is -10.4. The van der Waals surface area contributed by atoms with Crippen molar-refractivity contribution < 1.29 is 89.9 Å². The van der Waals surface area contributed by atoms with E-state index in [0.717, 1.165) is 12.1 Å². The first-order valence-electron chi connectivity index (χ1n) is 22.0. The van der Waals surface area contributed by atoms with Crippen molar-refractivity contribution in [2.45, 2.75) is 62.8 Å². The molecule has 0 saturated carbocycles. The van der Waals surface area contributed by atoms with Crippen LogP contribution in [0.3, 0.4) is 0 Å². The zero-order valence-electron chi connectivity index (χ0n) is 37.6. The third-order valence-electron chi connectivity index (χ3n) is 12.2. The summed E-state index contributed by atoms with van der Waals surface area (Å²) in [4.78, 5) is 68.2. The molecular weight excluding hydrogens is 1040 g/mol. The number of ether oxygens (including phenoxy) is 6. The van der Waals surface area contributed by atoms with Crippen LogP contribution in [-0.2, 0) is 57.7 Å². The van der Waals surface area contributed by atoms with Gasteiger partial charge in [-0.25, -0.2) is 14.6 Å². The Kier molecular flexibility index (Phi) is 13.9. The molecule has 0 radical (unpaired) electrons. The van der Waals surface area contributed by atoms with E-state index in [1.807, 2.05) is 0 Å². The highest BCUT2D eigenvalue weighted by Crippen LogP contribution is 2.46. The second-order valence-corrected chi connectivity index (χ2v) is 18.3. The first-order valence-corrected chi connectivity index (χ1v) is 24.5. The van der Waals surface area contributed by atoms with Crippen molar-refractivity contribution in [3.63, 3.8) is 0 Å². The van der Waals surface area contributed by atoms with Gasteiger partial charge in [-0.3, -0.25) is 14.4 Å². The summed E-state index contributed by atoms with van der Waals surface area (Å²) in [5.74, 6) is -4.29. The number of hydrogen-bond acceptors (Lipinski definition) is 20. The van der Waals surface area contributed by atoms with Crippen LogP contribution in [0.15, 0.2) is 65.5 Å². The number of fused-ring (bicyclic) bond motifs is 6. The van der Waals surface area contributed by atoms with E-state index in [-0.39, 0.29) is 86.3 Å². The van der Waals surface area contributed by atoms with Gasteiger partial charge < -0.3 is 77.5 Å². The zero-order chi connectivity index (χ0) is 51.2. The lowest BCUT2D eigenvalue weighted by molar-refractivity contribution is -0.271. The maximum absolute atomic E-state index is 14.1. The van der Waals surface area contributed by atoms with E-state index < -0.39 is 81.6 Å². The predicted molar refractivity (Wildman–Crippen MR) is 248 cm³/mol. The highest BCUT2D eigenvalue weighted by molar-refractivity contribution is 9.09. The summed E-state index contributed by atoms with van der Waals surface area (Å²) in [5.41, 5.74) is 0.271. The van der Waals surface area contributed by atoms with Crippen molar-refractivity contribution >= 4 is 61.0 Å². The second kappa shape index (κ2) is 19.9. The van der Waals surface area contributed by atoms with E-state index in [9.17, 15) is 57.9 Å². The van der Waals surface area contributed by atoms with Gasteiger partial charge in [0, 0.05) is 41.2 Å². The molecule has 2 amide bonds. The summed E-state index contributed by atoms with van der Waals surface area (Å²) in [6.45, 7) is 1.59. The highest BCUT2D eigenvalue weighted by atomic mass is 79.9. The molecule has 0 bridgehead atoms. The van der Waals surface area contributed by atoms with E-state index in [1.165, 1.54) is 34.9 Å². The van der Waals surface area contributed by atoms with Crippen LogP contribution in [0.1, 0.15) is 40.4 Å². The van der Waals surface area contributed by atoms with Gasteiger partial charge in [-0.15, -0.1) is 8.42 Å². The Morgan fingerprint density at radius 3 is 2.32 bits per heavy atom. The number of aliphatic hydroxyl groups excluding tert-OH is 3. The molecule has 0 aliphatic carbocycles. The van der Waals surface area contributed by atoms with E-state index in [0.29, 0.717) is 50.5 Å². The Balaban J connectivity index is 1.00. The molecule has 3 aromatic carbocycles. The van der Waals surface area contributed by atoms with Crippen LogP contribution < -0.4 is 38.8 Å². The number of carboxylic acids is 1. The Morgan fingerprint density at radius 1 is 0.889 bits per heavy atom. The van der Waals surface area contributed by atoms with Crippen molar-refractivity contribution in [2.24, 2.45) is 0 Å². The van der Waals surface area contributed by atoms with Crippen molar-refractivity contribution in [1.29, 1.82) is 0 Å². The largest absolute Gasteiger partial charge is 0.501 e.